The molecule has 0 aliphatic heterocycles. The van der Waals surface area contributed by atoms with Gasteiger partial charge in [0.1, 0.15) is 17.3 Å². The lowest BCUT2D eigenvalue weighted by Crippen LogP contribution is -2.40. The van der Waals surface area contributed by atoms with Crippen molar-refractivity contribution in [3.05, 3.63) is 234 Å². The van der Waals surface area contributed by atoms with E-state index in [1.54, 1.807) is 0 Å². The normalized spacial score (nSPS) is 12.5. The van der Waals surface area contributed by atoms with Crippen molar-refractivity contribution in [2.24, 2.45) is 0 Å². The zero-order valence-electron chi connectivity index (χ0n) is 41.7. The van der Waals surface area contributed by atoms with Crippen LogP contribution in [0.25, 0.3) is 50.1 Å². The number of hydrogen-bond donors (Lipinski definition) is 0. The van der Waals surface area contributed by atoms with E-state index in [0.717, 1.165) is 61.9 Å². The number of pyridine rings is 1. The zero-order chi connectivity index (χ0) is 48.3. The van der Waals surface area contributed by atoms with Crippen LogP contribution in [0.2, 0.25) is 0 Å². The first-order valence-corrected chi connectivity index (χ1v) is 24.2. The molecule has 0 spiro atoms. The van der Waals surface area contributed by atoms with Gasteiger partial charge in [0.25, 0.3) is 6.33 Å². The van der Waals surface area contributed by atoms with Crippen LogP contribution in [0.15, 0.2) is 194 Å². The van der Waals surface area contributed by atoms with Crippen molar-refractivity contribution in [1.82, 2.24) is 14.1 Å². The first kappa shape index (κ1) is 45.3. The molecule has 0 unspecified atom stereocenters. The standard InChI is InChI=1S/C64H62N4O/c1-61(2,3)48-27-20-28-51(37-48)67-43-66(42-59(67)64(9,10)47-25-18-13-19-26-47)52-35-45(44-21-14-11-15-22-44)36-54(40-52)69-53-30-31-55-56-38-50(63(7,8)46-23-16-12-17-24-46)29-32-57(56)68(58(55)41-53)60-39-49(33-34-65-60)62(4,5)6/h11-42H,1-10H3. The van der Waals surface area contributed by atoms with Crippen molar-refractivity contribution in [1.29, 1.82) is 0 Å². The Morgan fingerprint density at radius 2 is 1.10 bits per heavy atom. The molecule has 0 atom stereocenters. The molecule has 3 aromatic heterocycles. The van der Waals surface area contributed by atoms with Crippen molar-refractivity contribution >= 4 is 21.8 Å². The lowest BCUT2D eigenvalue weighted by molar-refractivity contribution is -0.611. The van der Waals surface area contributed by atoms with Gasteiger partial charge in [0.15, 0.2) is 0 Å². The van der Waals surface area contributed by atoms with Gasteiger partial charge < -0.3 is 4.74 Å². The zero-order valence-corrected chi connectivity index (χ0v) is 41.7. The Hall–Kier alpha value is -7.50. The Labute approximate surface area is 408 Å². The average molecular weight is 903 g/mol. The topological polar surface area (TPSA) is 35.9 Å². The molecule has 0 N–H and O–H groups in total. The fourth-order valence-corrected chi connectivity index (χ4v) is 9.70. The second-order valence-corrected chi connectivity index (χ2v) is 21.7. The Morgan fingerprint density at radius 3 is 1.78 bits per heavy atom. The number of nitrogens with zero attached hydrogens (tertiary/aromatic N) is 4. The number of fused-ring (bicyclic) bond motifs is 3. The van der Waals surface area contributed by atoms with E-state index < -0.39 is 0 Å². The highest BCUT2D eigenvalue weighted by molar-refractivity contribution is 6.10. The third-order valence-electron chi connectivity index (χ3n) is 14.1. The number of rotatable bonds is 10. The third-order valence-corrected chi connectivity index (χ3v) is 14.1. The highest BCUT2D eigenvalue weighted by atomic mass is 16.5. The van der Waals surface area contributed by atoms with Crippen LogP contribution in [0.5, 0.6) is 11.5 Å². The number of imidazole rings is 1. The van der Waals surface area contributed by atoms with Gasteiger partial charge in [0.05, 0.1) is 28.1 Å². The summed E-state index contributed by atoms with van der Waals surface area (Å²) < 4.78 is 13.7. The maximum atomic E-state index is 7.06. The molecule has 5 nitrogen and oxygen atoms in total. The molecular formula is C64H62N4O. The molecule has 0 aliphatic rings. The van der Waals surface area contributed by atoms with Crippen LogP contribution >= 0.6 is 0 Å². The summed E-state index contributed by atoms with van der Waals surface area (Å²) in [7, 11) is 0. The summed E-state index contributed by atoms with van der Waals surface area (Å²) in [6, 6.07) is 65.2. The van der Waals surface area contributed by atoms with Gasteiger partial charge in [-0.3, -0.25) is 13.7 Å². The van der Waals surface area contributed by atoms with E-state index >= 15 is 0 Å². The summed E-state index contributed by atoms with van der Waals surface area (Å²) in [5, 5.41) is 2.31. The van der Waals surface area contributed by atoms with Crippen molar-refractivity contribution in [3.8, 4) is 39.8 Å². The first-order valence-electron chi connectivity index (χ1n) is 24.2. The van der Waals surface area contributed by atoms with Gasteiger partial charge in [0, 0.05) is 40.1 Å². The van der Waals surface area contributed by atoms with Gasteiger partial charge in [-0.25, -0.2) is 4.98 Å². The number of aromatic nitrogens is 4. The average Bonchev–Trinajstić information content (AvgIpc) is 3.95. The number of hydrogen-bond acceptors (Lipinski definition) is 2. The Bertz CT molecular complexity index is 3470. The maximum absolute atomic E-state index is 7.06. The Morgan fingerprint density at radius 1 is 0.464 bits per heavy atom. The predicted octanol–water partition coefficient (Wildman–Crippen LogP) is 15.8. The van der Waals surface area contributed by atoms with Gasteiger partial charge >= 0.3 is 0 Å². The van der Waals surface area contributed by atoms with E-state index in [9.17, 15) is 0 Å². The molecule has 5 heteroatoms. The van der Waals surface area contributed by atoms with Crippen molar-refractivity contribution in [2.45, 2.75) is 90.9 Å². The van der Waals surface area contributed by atoms with E-state index in [1.165, 1.54) is 33.2 Å². The molecule has 0 aliphatic carbocycles. The predicted molar refractivity (Wildman–Crippen MR) is 285 cm³/mol. The molecule has 0 fully saturated rings. The lowest BCUT2D eigenvalue weighted by Gasteiger charge is -2.27. The minimum absolute atomic E-state index is 0.0168. The molecule has 344 valence electrons. The molecule has 69 heavy (non-hydrogen) atoms. The van der Waals surface area contributed by atoms with Gasteiger partial charge in [-0.2, -0.15) is 0 Å². The Kier molecular flexibility index (Phi) is 11.3. The minimum atomic E-state index is -0.357. The van der Waals surface area contributed by atoms with E-state index in [4.69, 9.17) is 9.72 Å². The van der Waals surface area contributed by atoms with Gasteiger partial charge in [0.2, 0.25) is 0 Å². The minimum Gasteiger partial charge on any atom is -0.458 e. The van der Waals surface area contributed by atoms with Crippen LogP contribution in [0, 0.1) is 6.33 Å². The van der Waals surface area contributed by atoms with E-state index in [-0.39, 0.29) is 21.7 Å². The molecule has 0 amide bonds. The summed E-state index contributed by atoms with van der Waals surface area (Å²) in [4.78, 5) is 5.02. The van der Waals surface area contributed by atoms with E-state index in [2.05, 4.69) is 277 Å². The summed E-state index contributed by atoms with van der Waals surface area (Å²) in [5.41, 5.74) is 13.0. The van der Waals surface area contributed by atoms with Gasteiger partial charge in [-0.05, 0) is 117 Å². The van der Waals surface area contributed by atoms with Gasteiger partial charge in [-0.15, -0.1) is 0 Å². The van der Waals surface area contributed by atoms with E-state index in [0.29, 0.717) is 0 Å². The molecular weight excluding hydrogens is 841 g/mol. The monoisotopic (exact) mass is 902 g/mol. The molecule has 0 radical (unpaired) electrons. The molecule has 10 aromatic rings. The fraction of sp³-hybridized carbons (Fsp3) is 0.219. The molecule has 0 saturated carbocycles. The summed E-state index contributed by atoms with van der Waals surface area (Å²) >= 11 is 0. The summed E-state index contributed by atoms with van der Waals surface area (Å²) in [6.45, 7) is 22.7. The highest BCUT2D eigenvalue weighted by Gasteiger charge is 2.30. The van der Waals surface area contributed by atoms with Crippen molar-refractivity contribution in [2.75, 3.05) is 0 Å². The summed E-state index contributed by atoms with van der Waals surface area (Å²) in [6.07, 6.45) is 7.99. The molecule has 7 aromatic carbocycles. The quantitative estimate of drug-likeness (QED) is 0.101. The largest absolute Gasteiger partial charge is 0.458 e. The van der Waals surface area contributed by atoms with Crippen molar-refractivity contribution < 1.29 is 9.30 Å². The second-order valence-electron chi connectivity index (χ2n) is 21.7. The highest BCUT2D eigenvalue weighted by Crippen LogP contribution is 2.41. The fourth-order valence-electron chi connectivity index (χ4n) is 9.70. The van der Waals surface area contributed by atoms with Crippen molar-refractivity contribution in [3.63, 3.8) is 0 Å². The number of ether oxygens (including phenoxy) is 1. The summed E-state index contributed by atoms with van der Waals surface area (Å²) in [5.74, 6) is 2.33. The first-order chi connectivity index (χ1) is 32.9. The smallest absolute Gasteiger partial charge is 0.269 e. The number of benzene rings is 7. The third kappa shape index (κ3) is 8.67. The molecule has 10 rings (SSSR count). The lowest BCUT2D eigenvalue weighted by atomic mass is 9.78. The van der Waals surface area contributed by atoms with Crippen LogP contribution in [-0.4, -0.2) is 14.1 Å². The van der Waals surface area contributed by atoms with Crippen LogP contribution in [0.4, 0.5) is 0 Å². The molecule has 0 bridgehead atoms. The van der Waals surface area contributed by atoms with E-state index in [1.807, 2.05) is 6.20 Å². The van der Waals surface area contributed by atoms with Crippen LogP contribution in [0.1, 0.15) is 103 Å². The van der Waals surface area contributed by atoms with Gasteiger partial charge in [-0.1, -0.05) is 178 Å². The molecule has 0 saturated heterocycles. The van der Waals surface area contributed by atoms with Crippen LogP contribution in [0.3, 0.4) is 0 Å². The van der Waals surface area contributed by atoms with Crippen LogP contribution in [-0.2, 0) is 21.7 Å². The maximum Gasteiger partial charge on any atom is 0.269 e. The van der Waals surface area contributed by atoms with Crippen LogP contribution < -0.4 is 9.30 Å². The SMILES string of the molecule is CC(C)(C)c1cccc(-[n+]2[c-]n(-c3cc(Oc4ccc5c6cc(C(C)(C)c7ccccc7)ccc6n(-c6cc(C(C)(C)C)ccn6)c5c4)cc(-c4ccccc4)c3)cc2C(C)(C)c2ccccc2)c1. The second kappa shape index (κ2) is 17.2. The Balaban J connectivity index is 1.13. The molecule has 3 heterocycles.